The first-order valence-electron chi connectivity index (χ1n) is 7.91. The molecule has 1 aromatic heterocycles. The van der Waals surface area contributed by atoms with Crippen molar-refractivity contribution in [2.75, 3.05) is 31.7 Å². The molecule has 0 saturated carbocycles. The average molecular weight is 316 g/mol. The number of nitrogens with zero attached hydrogens (tertiary/aromatic N) is 3. The van der Waals surface area contributed by atoms with E-state index in [9.17, 15) is 10.1 Å². The highest BCUT2D eigenvalue weighted by Crippen LogP contribution is 2.21. The van der Waals surface area contributed by atoms with Crippen molar-refractivity contribution in [1.82, 2.24) is 10.3 Å². The lowest BCUT2D eigenvalue weighted by Crippen LogP contribution is -2.48. The number of pyridine rings is 1. The molecule has 1 aromatic rings. The fourth-order valence-electron chi connectivity index (χ4n) is 2.65. The lowest BCUT2D eigenvalue weighted by molar-refractivity contribution is 0.0860. The summed E-state index contributed by atoms with van der Waals surface area (Å²) in [6.07, 6.45) is 3.90. The van der Waals surface area contributed by atoms with Crippen molar-refractivity contribution in [2.45, 2.75) is 32.2 Å². The van der Waals surface area contributed by atoms with Crippen molar-refractivity contribution >= 4 is 11.7 Å². The van der Waals surface area contributed by atoms with E-state index < -0.39 is 5.54 Å². The Morgan fingerprint density at radius 2 is 2.22 bits per heavy atom. The number of hydrogen-bond acceptors (Lipinski definition) is 5. The van der Waals surface area contributed by atoms with Gasteiger partial charge in [0.1, 0.15) is 11.4 Å². The molecule has 0 radical (unpaired) electrons. The Balaban J connectivity index is 2.01. The van der Waals surface area contributed by atoms with Gasteiger partial charge in [0.05, 0.1) is 18.2 Å². The third-order valence-electron chi connectivity index (χ3n) is 4.19. The number of aromatic nitrogens is 1. The van der Waals surface area contributed by atoms with Crippen LogP contribution in [0, 0.1) is 17.2 Å². The van der Waals surface area contributed by atoms with Crippen LogP contribution < -0.4 is 10.2 Å². The molecule has 23 heavy (non-hydrogen) atoms. The number of carbonyl (C=O) groups excluding carboxylic acids is 1. The third-order valence-corrected chi connectivity index (χ3v) is 4.19. The van der Waals surface area contributed by atoms with Gasteiger partial charge in [-0.2, -0.15) is 5.26 Å². The molecule has 6 heteroatoms. The predicted octanol–water partition coefficient (Wildman–Crippen LogP) is 1.98. The summed E-state index contributed by atoms with van der Waals surface area (Å²) in [5.74, 6) is 1.34. The Morgan fingerprint density at radius 1 is 1.52 bits per heavy atom. The number of methoxy groups -OCH3 is 1. The van der Waals surface area contributed by atoms with Crippen molar-refractivity contribution in [3.05, 3.63) is 23.9 Å². The minimum atomic E-state index is -1.05. The van der Waals surface area contributed by atoms with E-state index >= 15 is 0 Å². The van der Waals surface area contributed by atoms with E-state index in [1.54, 1.807) is 19.2 Å². The fraction of sp³-hybridized carbons (Fsp3) is 0.588. The van der Waals surface area contributed by atoms with E-state index in [4.69, 9.17) is 4.74 Å². The number of ether oxygens (including phenoxy) is 1. The summed E-state index contributed by atoms with van der Waals surface area (Å²) in [6, 6.07) is 5.68. The van der Waals surface area contributed by atoms with Gasteiger partial charge in [-0.05, 0) is 37.8 Å². The second-order valence-electron chi connectivity index (χ2n) is 6.41. The van der Waals surface area contributed by atoms with E-state index in [-0.39, 0.29) is 12.5 Å². The van der Waals surface area contributed by atoms with Crippen LogP contribution >= 0.6 is 0 Å². The number of carbonyl (C=O) groups is 1. The van der Waals surface area contributed by atoms with Gasteiger partial charge in [-0.3, -0.25) is 4.79 Å². The number of nitriles is 1. The quantitative estimate of drug-likeness (QED) is 0.898. The van der Waals surface area contributed by atoms with E-state index in [2.05, 4.69) is 28.2 Å². The summed E-state index contributed by atoms with van der Waals surface area (Å²) in [5.41, 5.74) is -0.607. The number of nitrogens with one attached hydrogen (secondary N) is 1. The zero-order valence-corrected chi connectivity index (χ0v) is 14.0. The molecule has 0 aliphatic carbocycles. The first-order chi connectivity index (χ1) is 11.0. The summed E-state index contributed by atoms with van der Waals surface area (Å²) >= 11 is 0. The maximum absolute atomic E-state index is 12.3. The molecule has 1 N–H and O–H groups in total. The Morgan fingerprint density at radius 3 is 2.74 bits per heavy atom. The molecule has 1 atom stereocenters. The molecular weight excluding hydrogens is 292 g/mol. The maximum Gasteiger partial charge on any atom is 0.254 e. The maximum atomic E-state index is 12.3. The molecule has 0 bridgehead atoms. The molecule has 2 rings (SSSR count). The molecule has 1 aliphatic heterocycles. The highest BCUT2D eigenvalue weighted by atomic mass is 16.5. The Hall–Kier alpha value is -2.13. The topological polar surface area (TPSA) is 78.2 Å². The van der Waals surface area contributed by atoms with Gasteiger partial charge in [0, 0.05) is 26.4 Å². The van der Waals surface area contributed by atoms with Crippen molar-refractivity contribution in [2.24, 2.45) is 5.92 Å². The van der Waals surface area contributed by atoms with Crippen molar-refractivity contribution < 1.29 is 9.53 Å². The van der Waals surface area contributed by atoms with Crippen LogP contribution in [0.15, 0.2) is 18.3 Å². The van der Waals surface area contributed by atoms with Crippen molar-refractivity contribution in [3.63, 3.8) is 0 Å². The number of anilines is 1. The van der Waals surface area contributed by atoms with Gasteiger partial charge < -0.3 is 15.0 Å². The molecule has 1 amide bonds. The van der Waals surface area contributed by atoms with E-state index in [1.165, 1.54) is 20.0 Å². The second kappa shape index (κ2) is 7.42. The lowest BCUT2D eigenvalue weighted by Gasteiger charge is -2.31. The molecule has 1 unspecified atom stereocenters. The number of amides is 1. The molecule has 1 aliphatic rings. The van der Waals surface area contributed by atoms with Gasteiger partial charge in [-0.1, -0.05) is 6.92 Å². The molecular formula is C17H24N4O2. The number of rotatable bonds is 5. The standard InChI is InChI=1S/C17H24N4O2/c1-13-6-8-21(9-7-13)15-5-4-14(10-19-15)16(22)20-17(2,11-18)12-23-3/h4-5,10,13H,6-9,12H2,1-3H3,(H,20,22). The summed E-state index contributed by atoms with van der Waals surface area (Å²) in [5, 5.41) is 11.9. The Labute approximate surface area is 137 Å². The van der Waals surface area contributed by atoms with Crippen LogP contribution in [0.2, 0.25) is 0 Å². The average Bonchev–Trinajstić information content (AvgIpc) is 2.56. The molecule has 2 heterocycles. The minimum absolute atomic E-state index is 0.132. The highest BCUT2D eigenvalue weighted by molar-refractivity contribution is 5.94. The van der Waals surface area contributed by atoms with Crippen molar-refractivity contribution in [1.29, 1.82) is 5.26 Å². The third kappa shape index (κ3) is 4.42. The van der Waals surface area contributed by atoms with Crippen LogP contribution in [-0.4, -0.2) is 43.2 Å². The number of piperidine rings is 1. The molecule has 1 fully saturated rings. The van der Waals surface area contributed by atoms with Crippen LogP contribution in [0.5, 0.6) is 0 Å². The summed E-state index contributed by atoms with van der Waals surface area (Å²) < 4.78 is 4.98. The predicted molar refractivity (Wildman–Crippen MR) is 88.2 cm³/mol. The SMILES string of the molecule is COCC(C)(C#N)NC(=O)c1ccc(N2CCC(C)CC2)nc1. The van der Waals surface area contributed by atoms with Gasteiger partial charge in [0.15, 0.2) is 0 Å². The van der Waals surface area contributed by atoms with Crippen molar-refractivity contribution in [3.8, 4) is 6.07 Å². The van der Waals surface area contributed by atoms with E-state index in [1.807, 2.05) is 6.07 Å². The Bertz CT molecular complexity index is 573. The van der Waals surface area contributed by atoms with E-state index in [0.717, 1.165) is 24.8 Å². The van der Waals surface area contributed by atoms with Gasteiger partial charge in [0.25, 0.3) is 5.91 Å². The second-order valence-corrected chi connectivity index (χ2v) is 6.41. The monoisotopic (exact) mass is 316 g/mol. The molecule has 1 saturated heterocycles. The van der Waals surface area contributed by atoms with Gasteiger partial charge >= 0.3 is 0 Å². The van der Waals surface area contributed by atoms with Crippen LogP contribution in [0.25, 0.3) is 0 Å². The zero-order chi connectivity index (χ0) is 16.9. The van der Waals surface area contributed by atoms with Crippen LogP contribution in [0.3, 0.4) is 0 Å². The largest absolute Gasteiger partial charge is 0.381 e. The molecule has 124 valence electrons. The summed E-state index contributed by atoms with van der Waals surface area (Å²) in [6.45, 7) is 6.03. The normalized spacial score (nSPS) is 18.1. The van der Waals surface area contributed by atoms with Gasteiger partial charge in [0.2, 0.25) is 0 Å². The van der Waals surface area contributed by atoms with Crippen LogP contribution in [0.4, 0.5) is 5.82 Å². The van der Waals surface area contributed by atoms with E-state index in [0.29, 0.717) is 5.56 Å². The van der Waals surface area contributed by atoms with Crippen LogP contribution in [0.1, 0.15) is 37.0 Å². The Kier molecular flexibility index (Phi) is 5.56. The zero-order valence-electron chi connectivity index (χ0n) is 14.0. The minimum Gasteiger partial charge on any atom is -0.381 e. The first-order valence-corrected chi connectivity index (χ1v) is 7.91. The molecule has 0 aromatic carbocycles. The molecule has 6 nitrogen and oxygen atoms in total. The fourth-order valence-corrected chi connectivity index (χ4v) is 2.65. The van der Waals surface area contributed by atoms with Crippen LogP contribution in [-0.2, 0) is 4.74 Å². The smallest absolute Gasteiger partial charge is 0.254 e. The van der Waals surface area contributed by atoms with Gasteiger partial charge in [-0.25, -0.2) is 4.98 Å². The lowest BCUT2D eigenvalue weighted by atomic mass is 9.99. The summed E-state index contributed by atoms with van der Waals surface area (Å²) in [7, 11) is 1.50. The van der Waals surface area contributed by atoms with Gasteiger partial charge in [-0.15, -0.1) is 0 Å². The number of hydrogen-bond donors (Lipinski definition) is 1. The summed E-state index contributed by atoms with van der Waals surface area (Å²) in [4.78, 5) is 18.9. The highest BCUT2D eigenvalue weighted by Gasteiger charge is 2.27. The molecule has 0 spiro atoms. The first kappa shape index (κ1) is 17.2.